The number of thiophene rings is 2. The molecule has 3 aliphatic rings. The molecule has 9 rings (SSSR count). The van der Waals surface area contributed by atoms with Crippen LogP contribution in [0.2, 0.25) is 0 Å². The minimum absolute atomic E-state index is 0.188. The van der Waals surface area contributed by atoms with Gasteiger partial charge in [-0.05, 0) is 119 Å². The zero-order chi connectivity index (χ0) is 47.0. The maximum absolute atomic E-state index is 11.7. The molecule has 0 bridgehead atoms. The fourth-order valence-electron chi connectivity index (χ4n) is 9.26. The minimum atomic E-state index is -1.23. The van der Waals surface area contributed by atoms with Crippen molar-refractivity contribution in [2.75, 3.05) is 22.9 Å². The molecule has 1 aliphatic carbocycles. The molecule has 2 aliphatic heterocycles. The van der Waals surface area contributed by atoms with Crippen molar-refractivity contribution < 1.29 is 19.8 Å². The Morgan fingerprint density at radius 2 is 0.955 bits per heavy atom. The van der Waals surface area contributed by atoms with Gasteiger partial charge in [0.2, 0.25) is 0 Å². The van der Waals surface area contributed by atoms with E-state index in [0.717, 1.165) is 82.6 Å². The summed E-state index contributed by atoms with van der Waals surface area (Å²) in [6.45, 7) is 10.9. The molecule has 12 heteroatoms. The number of anilines is 4. The molecule has 8 nitrogen and oxygen atoms in total. The topological polar surface area (TPSA) is 129 Å². The van der Waals surface area contributed by atoms with Gasteiger partial charge in [-0.2, -0.15) is 10.5 Å². The van der Waals surface area contributed by atoms with E-state index in [4.69, 9.17) is 0 Å². The van der Waals surface area contributed by atoms with Gasteiger partial charge in [0.15, 0.2) is 0 Å². The third-order valence-corrected chi connectivity index (χ3v) is 17.6. The number of aliphatic carboxylic acids is 2. The Morgan fingerprint density at radius 1 is 0.567 bits per heavy atom. The number of fused-ring (bicyclic) bond motifs is 7. The van der Waals surface area contributed by atoms with Crippen LogP contribution in [-0.2, 0) is 15.0 Å². The lowest BCUT2D eigenvalue weighted by Crippen LogP contribution is -2.22. The first-order valence-corrected chi connectivity index (χ1v) is 26.2. The van der Waals surface area contributed by atoms with E-state index >= 15 is 0 Å². The number of hydrogen-bond donors (Lipinski definition) is 2. The van der Waals surface area contributed by atoms with Crippen molar-refractivity contribution in [2.45, 2.75) is 104 Å². The van der Waals surface area contributed by atoms with Crippen molar-refractivity contribution in [3.63, 3.8) is 0 Å². The minimum Gasteiger partial charge on any atom is -0.477 e. The highest BCUT2D eigenvalue weighted by Crippen LogP contribution is 2.59. The maximum atomic E-state index is 11.7. The molecule has 0 spiro atoms. The summed E-state index contributed by atoms with van der Waals surface area (Å²) in [6.07, 6.45) is 12.0. The van der Waals surface area contributed by atoms with E-state index in [-0.39, 0.29) is 16.6 Å². The summed E-state index contributed by atoms with van der Waals surface area (Å²) in [5.74, 6) is -2.46. The smallest absolute Gasteiger partial charge is 0.346 e. The van der Waals surface area contributed by atoms with E-state index in [1.54, 1.807) is 23.5 Å². The predicted octanol–water partition coefficient (Wildman–Crippen LogP) is 15.8. The van der Waals surface area contributed by atoms with Crippen LogP contribution in [0.4, 0.5) is 22.7 Å². The van der Waals surface area contributed by atoms with Crippen LogP contribution in [0.15, 0.2) is 116 Å². The summed E-state index contributed by atoms with van der Waals surface area (Å²) >= 11 is 7.11. The molecular weight excluding hydrogens is 909 g/mol. The number of benzene rings is 4. The number of carboxylic acid groups (broad SMARTS) is 2. The highest BCUT2D eigenvalue weighted by molar-refractivity contribution is 8.00. The number of hydrogen-bond acceptors (Lipinski definition) is 10. The van der Waals surface area contributed by atoms with Crippen molar-refractivity contribution in [1.29, 1.82) is 10.5 Å². The third-order valence-electron chi connectivity index (χ3n) is 12.9. The second kappa shape index (κ2) is 19.3. The quantitative estimate of drug-likeness (QED) is 0.0549. The Balaban J connectivity index is 1.03. The van der Waals surface area contributed by atoms with Gasteiger partial charge in [0.1, 0.15) is 23.3 Å². The van der Waals surface area contributed by atoms with Crippen LogP contribution in [-0.4, -0.2) is 35.2 Å². The van der Waals surface area contributed by atoms with Gasteiger partial charge in [-0.15, -0.1) is 22.7 Å². The summed E-state index contributed by atoms with van der Waals surface area (Å²) in [6, 6.07) is 34.0. The Kier molecular flexibility index (Phi) is 13.3. The van der Waals surface area contributed by atoms with E-state index in [0.29, 0.717) is 11.1 Å². The molecule has 0 saturated carbocycles. The lowest BCUT2D eigenvalue weighted by Gasteiger charge is -2.33. The lowest BCUT2D eigenvalue weighted by molar-refractivity contribution is -0.133. The van der Waals surface area contributed by atoms with Crippen LogP contribution in [0, 0.1) is 22.7 Å². The number of nitriles is 2. The van der Waals surface area contributed by atoms with Crippen LogP contribution in [0.25, 0.3) is 42.8 Å². The summed E-state index contributed by atoms with van der Waals surface area (Å²) in [4.78, 5) is 37.6. The Hall–Kier alpha value is -6.02. The lowest BCUT2D eigenvalue weighted by atomic mass is 9.83. The summed E-state index contributed by atoms with van der Waals surface area (Å²) in [5.41, 5.74) is 10.2. The van der Waals surface area contributed by atoms with E-state index in [1.807, 2.05) is 59.1 Å². The van der Waals surface area contributed by atoms with Crippen LogP contribution in [0.5, 0.6) is 0 Å². The first-order valence-electron chi connectivity index (χ1n) is 22.9. The van der Waals surface area contributed by atoms with Gasteiger partial charge in [-0.1, -0.05) is 114 Å². The highest BCUT2D eigenvalue weighted by Gasteiger charge is 2.40. The average molecular weight is 959 g/mol. The number of carboxylic acids is 2. The fraction of sp³-hybridized carbons (Fsp3) is 0.273. The SMILES string of the molecule is CCCCCCN1c2ccc(/C=C(/C#N)C(=O)O)cc2Sc2cc(-c3cc4c(s3)-c3sc(-c5ccc6c(c5)Sc5cc(/C=C(/C#N)C(=O)O)ccc5N6CCCCCC)cc3C4(C)C)ccc21. The standard InChI is InChI=1S/C55H50N4O4S4/c1-5-7-9-11-21-58-41-17-13-33(23-37(31-56)53(60)61)25-47(41)64-49-27-35(15-19-43(49)58)45-29-39-51(66-45)52-40(55(39,3)4)30-46(67-52)36-16-20-44-50(28-36)65-48-26-34(24-38(32-57)54(62)63)14-18-42(48)59(44)22-12-10-8-6-2/h13-20,23-30H,5-12,21-22H2,1-4H3,(H,60,61)(H,62,63)/b37-23-,38-24-. The van der Waals surface area contributed by atoms with Crippen molar-refractivity contribution in [2.24, 2.45) is 0 Å². The third kappa shape index (κ3) is 8.96. The number of rotatable bonds is 16. The monoisotopic (exact) mass is 958 g/mol. The van der Waals surface area contributed by atoms with Gasteiger partial charge in [0, 0.05) is 57.6 Å². The predicted molar refractivity (Wildman–Crippen MR) is 277 cm³/mol. The molecular formula is C55H50N4O4S4. The first kappa shape index (κ1) is 46.1. The molecule has 0 saturated heterocycles. The average Bonchev–Trinajstić information content (AvgIpc) is 4.02. The molecule has 0 radical (unpaired) electrons. The maximum Gasteiger partial charge on any atom is 0.346 e. The largest absolute Gasteiger partial charge is 0.477 e. The van der Waals surface area contributed by atoms with E-state index in [9.17, 15) is 30.3 Å². The van der Waals surface area contributed by atoms with Crippen LogP contribution in [0.3, 0.4) is 0 Å². The van der Waals surface area contributed by atoms with Gasteiger partial charge < -0.3 is 20.0 Å². The molecule has 4 aromatic carbocycles. The molecule has 0 amide bonds. The Labute approximate surface area is 408 Å². The molecule has 0 fully saturated rings. The molecule has 0 unspecified atom stereocenters. The molecule has 338 valence electrons. The molecule has 2 aromatic heterocycles. The normalized spacial score (nSPS) is 14.3. The zero-order valence-corrected chi connectivity index (χ0v) is 41.2. The Morgan fingerprint density at radius 3 is 1.33 bits per heavy atom. The molecule has 2 N–H and O–H groups in total. The van der Waals surface area contributed by atoms with Crippen molar-refractivity contribution in [3.8, 4) is 42.8 Å². The molecule has 6 aromatic rings. The summed E-state index contributed by atoms with van der Waals surface area (Å²) in [5, 5.41) is 38.0. The van der Waals surface area contributed by atoms with E-state index in [1.165, 1.54) is 78.1 Å². The number of nitrogens with zero attached hydrogens (tertiary/aromatic N) is 4. The highest BCUT2D eigenvalue weighted by atomic mass is 32.2. The summed E-state index contributed by atoms with van der Waals surface area (Å²) < 4.78 is 0. The van der Waals surface area contributed by atoms with Gasteiger partial charge >= 0.3 is 11.9 Å². The van der Waals surface area contributed by atoms with E-state index in [2.05, 4.69) is 98.2 Å². The first-order chi connectivity index (χ1) is 32.4. The molecule has 0 atom stereocenters. The van der Waals surface area contributed by atoms with Crippen LogP contribution in [0.1, 0.15) is 101 Å². The van der Waals surface area contributed by atoms with Gasteiger partial charge in [0.25, 0.3) is 0 Å². The van der Waals surface area contributed by atoms with Gasteiger partial charge in [0.05, 0.1) is 22.7 Å². The number of unbranched alkanes of at least 4 members (excludes halogenated alkanes) is 6. The van der Waals surface area contributed by atoms with Crippen molar-refractivity contribution >= 4 is 93.0 Å². The van der Waals surface area contributed by atoms with Crippen molar-refractivity contribution in [1.82, 2.24) is 0 Å². The van der Waals surface area contributed by atoms with Crippen LogP contribution >= 0.6 is 46.2 Å². The second-order valence-corrected chi connectivity index (χ2v) is 22.0. The van der Waals surface area contributed by atoms with Gasteiger partial charge in [-0.25, -0.2) is 9.59 Å². The molecule has 4 heterocycles. The second-order valence-electron chi connectivity index (χ2n) is 17.7. The zero-order valence-electron chi connectivity index (χ0n) is 37.9. The van der Waals surface area contributed by atoms with E-state index < -0.39 is 11.9 Å². The van der Waals surface area contributed by atoms with Crippen LogP contribution < -0.4 is 9.80 Å². The fourth-order valence-corrected chi connectivity index (χ4v) is 14.4. The molecule has 67 heavy (non-hydrogen) atoms. The Bertz CT molecular complexity index is 2900. The number of carbonyl (C=O) groups is 2. The van der Waals surface area contributed by atoms with Gasteiger partial charge in [-0.3, -0.25) is 0 Å². The summed E-state index contributed by atoms with van der Waals surface area (Å²) in [7, 11) is 0. The van der Waals surface area contributed by atoms with Crippen molar-refractivity contribution in [3.05, 3.63) is 118 Å².